The summed E-state index contributed by atoms with van der Waals surface area (Å²) in [5.41, 5.74) is 7.61. The minimum Gasteiger partial charge on any atom is -0.394 e. The van der Waals surface area contributed by atoms with Crippen LogP contribution >= 0.6 is 0 Å². The van der Waals surface area contributed by atoms with E-state index in [4.69, 9.17) is 5.73 Å². The SMILES string of the molecule is CCCn1nc(C)c(N)c1NC(C)CCS(C)=O. The van der Waals surface area contributed by atoms with Crippen molar-refractivity contribution in [3.63, 3.8) is 0 Å². The maximum Gasteiger partial charge on any atom is 0.148 e. The van der Waals surface area contributed by atoms with Gasteiger partial charge in [0.05, 0.1) is 11.4 Å². The average Bonchev–Trinajstić information content (AvgIpc) is 2.55. The Balaban J connectivity index is 2.72. The summed E-state index contributed by atoms with van der Waals surface area (Å²) in [7, 11) is -0.747. The fourth-order valence-corrected chi connectivity index (χ4v) is 2.45. The number of anilines is 2. The van der Waals surface area contributed by atoms with Crippen LogP contribution in [-0.2, 0) is 17.3 Å². The van der Waals surface area contributed by atoms with Gasteiger partial charge in [-0.1, -0.05) is 6.92 Å². The predicted molar refractivity (Wildman–Crippen MR) is 78.3 cm³/mol. The molecule has 0 radical (unpaired) electrons. The van der Waals surface area contributed by atoms with Crippen LogP contribution in [0.1, 0.15) is 32.4 Å². The molecule has 0 amide bonds. The third-order valence-electron chi connectivity index (χ3n) is 2.83. The molecule has 18 heavy (non-hydrogen) atoms. The van der Waals surface area contributed by atoms with Gasteiger partial charge in [0, 0.05) is 35.4 Å². The molecule has 1 rings (SSSR count). The Kier molecular flexibility index (Phi) is 5.65. The molecule has 2 unspecified atom stereocenters. The maximum absolute atomic E-state index is 11.1. The van der Waals surface area contributed by atoms with Crippen molar-refractivity contribution < 1.29 is 4.21 Å². The topological polar surface area (TPSA) is 72.9 Å². The number of aromatic nitrogens is 2. The van der Waals surface area contributed by atoms with Gasteiger partial charge in [-0.3, -0.25) is 4.21 Å². The molecule has 0 bridgehead atoms. The smallest absolute Gasteiger partial charge is 0.148 e. The highest BCUT2D eigenvalue weighted by atomic mass is 32.2. The Morgan fingerprint density at radius 3 is 2.78 bits per heavy atom. The fourth-order valence-electron chi connectivity index (χ4n) is 1.77. The standard InChI is InChI=1S/C12H24N4OS/c1-5-7-16-12(11(13)10(3)15-16)14-9(2)6-8-18(4)17/h9,14H,5-8,13H2,1-4H3. The van der Waals surface area contributed by atoms with Crippen LogP contribution in [0, 0.1) is 6.92 Å². The molecule has 3 N–H and O–H groups in total. The first-order chi connectivity index (χ1) is 8.45. The maximum atomic E-state index is 11.1. The van der Waals surface area contributed by atoms with Crippen molar-refractivity contribution in [2.24, 2.45) is 0 Å². The molecule has 0 aliphatic carbocycles. The van der Waals surface area contributed by atoms with Gasteiger partial charge < -0.3 is 11.1 Å². The van der Waals surface area contributed by atoms with E-state index >= 15 is 0 Å². The van der Waals surface area contributed by atoms with Gasteiger partial charge in [-0.2, -0.15) is 5.10 Å². The van der Waals surface area contributed by atoms with E-state index in [9.17, 15) is 4.21 Å². The minimum atomic E-state index is -0.747. The van der Waals surface area contributed by atoms with E-state index in [-0.39, 0.29) is 6.04 Å². The van der Waals surface area contributed by atoms with Crippen LogP contribution in [0.5, 0.6) is 0 Å². The summed E-state index contributed by atoms with van der Waals surface area (Å²) in [5, 5.41) is 7.80. The van der Waals surface area contributed by atoms with Crippen LogP contribution < -0.4 is 11.1 Å². The lowest BCUT2D eigenvalue weighted by molar-refractivity contribution is 0.596. The molecular weight excluding hydrogens is 248 g/mol. The van der Waals surface area contributed by atoms with Gasteiger partial charge in [-0.25, -0.2) is 4.68 Å². The van der Waals surface area contributed by atoms with Crippen molar-refractivity contribution in [2.75, 3.05) is 23.1 Å². The van der Waals surface area contributed by atoms with Crippen molar-refractivity contribution >= 4 is 22.3 Å². The monoisotopic (exact) mass is 272 g/mol. The number of hydrogen-bond acceptors (Lipinski definition) is 4. The normalized spacial score (nSPS) is 14.4. The molecule has 0 aliphatic heterocycles. The third kappa shape index (κ3) is 4.01. The van der Waals surface area contributed by atoms with E-state index in [1.54, 1.807) is 6.26 Å². The highest BCUT2D eigenvalue weighted by Gasteiger charge is 2.14. The molecule has 0 saturated carbocycles. The van der Waals surface area contributed by atoms with Gasteiger partial charge in [0.15, 0.2) is 0 Å². The highest BCUT2D eigenvalue weighted by molar-refractivity contribution is 7.84. The molecule has 104 valence electrons. The Bertz CT molecular complexity index is 416. The number of nitrogens with two attached hydrogens (primary N) is 1. The molecule has 0 spiro atoms. The Morgan fingerprint density at radius 1 is 1.56 bits per heavy atom. The Hall–Kier alpha value is -1.04. The van der Waals surface area contributed by atoms with Crippen LogP contribution in [0.15, 0.2) is 0 Å². The number of hydrogen-bond donors (Lipinski definition) is 2. The van der Waals surface area contributed by atoms with E-state index < -0.39 is 10.8 Å². The second kappa shape index (κ2) is 6.78. The van der Waals surface area contributed by atoms with Crippen LogP contribution in [0.25, 0.3) is 0 Å². The lowest BCUT2D eigenvalue weighted by atomic mass is 10.2. The van der Waals surface area contributed by atoms with Gasteiger partial charge in [0.1, 0.15) is 5.82 Å². The number of nitrogen functional groups attached to an aromatic ring is 1. The molecule has 5 nitrogen and oxygen atoms in total. The minimum absolute atomic E-state index is 0.239. The number of aryl methyl sites for hydroxylation is 2. The summed E-state index contributed by atoms with van der Waals surface area (Å²) in [6.07, 6.45) is 3.61. The van der Waals surface area contributed by atoms with Crippen molar-refractivity contribution in [3.05, 3.63) is 5.69 Å². The third-order valence-corrected chi connectivity index (χ3v) is 3.64. The van der Waals surface area contributed by atoms with Crippen molar-refractivity contribution in [3.8, 4) is 0 Å². The molecule has 1 aromatic heterocycles. The van der Waals surface area contributed by atoms with Crippen molar-refractivity contribution in [2.45, 2.75) is 46.2 Å². The van der Waals surface area contributed by atoms with Gasteiger partial charge in [-0.15, -0.1) is 0 Å². The van der Waals surface area contributed by atoms with E-state index in [1.165, 1.54) is 0 Å². The first kappa shape index (κ1) is 15.0. The Labute approximate surface area is 112 Å². The van der Waals surface area contributed by atoms with Crippen molar-refractivity contribution in [1.29, 1.82) is 0 Å². The molecule has 2 atom stereocenters. The largest absolute Gasteiger partial charge is 0.394 e. The number of rotatable bonds is 7. The van der Waals surface area contributed by atoms with E-state index in [1.807, 2.05) is 11.6 Å². The number of nitrogens with zero attached hydrogens (tertiary/aromatic N) is 2. The lowest BCUT2D eigenvalue weighted by Crippen LogP contribution is -2.21. The highest BCUT2D eigenvalue weighted by Crippen LogP contribution is 2.23. The molecular formula is C12H24N4OS. The summed E-state index contributed by atoms with van der Waals surface area (Å²) >= 11 is 0. The molecule has 0 aromatic carbocycles. The van der Waals surface area contributed by atoms with E-state index in [2.05, 4.69) is 24.3 Å². The molecule has 0 aliphatic rings. The summed E-state index contributed by atoms with van der Waals surface area (Å²) in [5.74, 6) is 1.60. The zero-order valence-corrected chi connectivity index (χ0v) is 12.5. The van der Waals surface area contributed by atoms with Gasteiger partial charge in [0.2, 0.25) is 0 Å². The second-order valence-corrected chi connectivity index (χ2v) is 6.24. The molecule has 1 heterocycles. The predicted octanol–water partition coefficient (Wildman–Crippen LogP) is 1.75. The van der Waals surface area contributed by atoms with Gasteiger partial charge in [-0.05, 0) is 26.7 Å². The summed E-state index contributed by atoms with van der Waals surface area (Å²) in [6, 6.07) is 0.239. The van der Waals surface area contributed by atoms with Crippen molar-refractivity contribution in [1.82, 2.24) is 9.78 Å². The lowest BCUT2D eigenvalue weighted by Gasteiger charge is -2.16. The van der Waals surface area contributed by atoms with Crippen LogP contribution in [0.2, 0.25) is 0 Å². The first-order valence-corrected chi connectivity index (χ1v) is 8.07. The molecule has 0 saturated heterocycles. The van der Waals surface area contributed by atoms with Crippen LogP contribution in [-0.4, -0.2) is 32.0 Å². The summed E-state index contributed by atoms with van der Waals surface area (Å²) in [4.78, 5) is 0. The molecule has 1 aromatic rings. The fraction of sp³-hybridized carbons (Fsp3) is 0.750. The van der Waals surface area contributed by atoms with Gasteiger partial charge in [0.25, 0.3) is 0 Å². The molecule has 6 heteroatoms. The van der Waals surface area contributed by atoms with E-state index in [0.29, 0.717) is 11.4 Å². The quantitative estimate of drug-likeness (QED) is 0.793. The Morgan fingerprint density at radius 2 is 2.22 bits per heavy atom. The zero-order chi connectivity index (χ0) is 13.7. The number of nitrogens with one attached hydrogen (secondary N) is 1. The van der Waals surface area contributed by atoms with Crippen LogP contribution in [0.3, 0.4) is 0 Å². The van der Waals surface area contributed by atoms with Gasteiger partial charge >= 0.3 is 0 Å². The average molecular weight is 272 g/mol. The summed E-state index contributed by atoms with van der Waals surface area (Å²) < 4.78 is 13.0. The first-order valence-electron chi connectivity index (χ1n) is 6.35. The van der Waals surface area contributed by atoms with E-state index in [0.717, 1.165) is 30.9 Å². The summed E-state index contributed by atoms with van der Waals surface area (Å²) in [6.45, 7) is 6.96. The molecule has 0 fully saturated rings. The van der Waals surface area contributed by atoms with Crippen LogP contribution in [0.4, 0.5) is 11.5 Å². The second-order valence-electron chi connectivity index (χ2n) is 4.68. The zero-order valence-electron chi connectivity index (χ0n) is 11.7.